The highest BCUT2D eigenvalue weighted by Crippen LogP contribution is 2.20. The lowest BCUT2D eigenvalue weighted by Gasteiger charge is -2.21. The zero-order valence-electron chi connectivity index (χ0n) is 9.44. The molecule has 0 aromatic rings. The Hall–Kier alpha value is -0.330. The van der Waals surface area contributed by atoms with E-state index in [-0.39, 0.29) is 11.0 Å². The van der Waals surface area contributed by atoms with Crippen molar-refractivity contribution < 1.29 is 0 Å². The molecule has 0 radical (unpaired) electrons. The largest absolute Gasteiger partial charge is 0.291 e. The number of nitrogens with zero attached hydrogens (tertiary/aromatic N) is 1. The molecule has 0 aliphatic heterocycles. The van der Waals surface area contributed by atoms with Crippen molar-refractivity contribution in [1.29, 1.82) is 0 Å². The molecule has 0 bridgehead atoms. The second-order valence-electron chi connectivity index (χ2n) is 4.77. The van der Waals surface area contributed by atoms with Crippen LogP contribution in [0.4, 0.5) is 0 Å². The molecule has 0 heterocycles. The molecular formula is C11H23N. The maximum atomic E-state index is 4.59. The van der Waals surface area contributed by atoms with Crippen LogP contribution >= 0.6 is 0 Å². The SMILES string of the molecule is CCC(C)(C)/C=N/C(C)(C)CC. The van der Waals surface area contributed by atoms with Gasteiger partial charge in [0.25, 0.3) is 0 Å². The molecule has 1 heteroatoms. The van der Waals surface area contributed by atoms with E-state index in [0.29, 0.717) is 0 Å². The van der Waals surface area contributed by atoms with Crippen LogP contribution in [0.25, 0.3) is 0 Å². The molecule has 12 heavy (non-hydrogen) atoms. The first kappa shape index (κ1) is 11.7. The Morgan fingerprint density at radius 3 is 1.83 bits per heavy atom. The average molecular weight is 169 g/mol. The van der Waals surface area contributed by atoms with Gasteiger partial charge in [0, 0.05) is 6.21 Å². The third-order valence-electron chi connectivity index (χ3n) is 2.54. The normalized spacial score (nSPS) is 14.2. The van der Waals surface area contributed by atoms with Crippen LogP contribution in [0.2, 0.25) is 0 Å². The summed E-state index contributed by atoms with van der Waals surface area (Å²) in [6.07, 6.45) is 4.36. The quantitative estimate of drug-likeness (QED) is 0.569. The molecule has 0 fully saturated rings. The van der Waals surface area contributed by atoms with Gasteiger partial charge >= 0.3 is 0 Å². The lowest BCUT2D eigenvalue weighted by molar-refractivity contribution is 0.474. The third-order valence-corrected chi connectivity index (χ3v) is 2.54. The number of hydrogen-bond donors (Lipinski definition) is 0. The summed E-state index contributed by atoms with van der Waals surface area (Å²) >= 11 is 0. The second-order valence-corrected chi connectivity index (χ2v) is 4.77. The van der Waals surface area contributed by atoms with Crippen LogP contribution in [0.1, 0.15) is 54.4 Å². The molecule has 0 amide bonds. The van der Waals surface area contributed by atoms with Crippen molar-refractivity contribution in [2.75, 3.05) is 0 Å². The molecule has 0 N–H and O–H groups in total. The molecule has 0 rings (SSSR count). The van der Waals surface area contributed by atoms with Crippen LogP contribution in [0.15, 0.2) is 4.99 Å². The van der Waals surface area contributed by atoms with Gasteiger partial charge in [-0.1, -0.05) is 27.7 Å². The van der Waals surface area contributed by atoms with Gasteiger partial charge in [-0.2, -0.15) is 0 Å². The second kappa shape index (κ2) is 4.06. The summed E-state index contributed by atoms with van der Waals surface area (Å²) < 4.78 is 0. The first-order chi connectivity index (χ1) is 5.33. The van der Waals surface area contributed by atoms with E-state index in [0.717, 1.165) is 12.8 Å². The smallest absolute Gasteiger partial charge is 0.0545 e. The fourth-order valence-electron chi connectivity index (χ4n) is 0.532. The Kier molecular flexibility index (Phi) is 3.95. The molecule has 0 atom stereocenters. The summed E-state index contributed by atoms with van der Waals surface area (Å²) in [4.78, 5) is 4.59. The highest BCUT2D eigenvalue weighted by atomic mass is 14.8. The van der Waals surface area contributed by atoms with Crippen molar-refractivity contribution in [3.05, 3.63) is 0 Å². The maximum Gasteiger partial charge on any atom is 0.0545 e. The van der Waals surface area contributed by atoms with Crippen molar-refractivity contribution in [2.45, 2.75) is 59.9 Å². The fraction of sp³-hybridized carbons (Fsp3) is 0.909. The summed E-state index contributed by atoms with van der Waals surface area (Å²) in [7, 11) is 0. The topological polar surface area (TPSA) is 12.4 Å². The van der Waals surface area contributed by atoms with E-state index in [1.54, 1.807) is 0 Å². The molecule has 0 aliphatic carbocycles. The van der Waals surface area contributed by atoms with Crippen LogP contribution < -0.4 is 0 Å². The lowest BCUT2D eigenvalue weighted by Crippen LogP contribution is -2.19. The predicted molar refractivity (Wildman–Crippen MR) is 56.9 cm³/mol. The lowest BCUT2D eigenvalue weighted by atomic mass is 9.91. The van der Waals surface area contributed by atoms with E-state index in [4.69, 9.17) is 0 Å². The molecule has 0 aromatic heterocycles. The van der Waals surface area contributed by atoms with Crippen LogP contribution in [0, 0.1) is 5.41 Å². The minimum Gasteiger partial charge on any atom is -0.291 e. The number of hydrogen-bond acceptors (Lipinski definition) is 1. The van der Waals surface area contributed by atoms with Crippen molar-refractivity contribution >= 4 is 6.21 Å². The number of aliphatic imine (C=N–C) groups is 1. The van der Waals surface area contributed by atoms with Gasteiger partial charge in [0.15, 0.2) is 0 Å². The molecular weight excluding hydrogens is 146 g/mol. The Bertz CT molecular complexity index is 136. The highest BCUT2D eigenvalue weighted by molar-refractivity contribution is 5.65. The van der Waals surface area contributed by atoms with Gasteiger partial charge in [0.2, 0.25) is 0 Å². The van der Waals surface area contributed by atoms with Gasteiger partial charge in [-0.25, -0.2) is 0 Å². The van der Waals surface area contributed by atoms with E-state index < -0.39 is 0 Å². The summed E-state index contributed by atoms with van der Waals surface area (Å²) in [6.45, 7) is 13.2. The summed E-state index contributed by atoms with van der Waals surface area (Å²) in [5.74, 6) is 0. The number of rotatable bonds is 4. The molecule has 0 aliphatic rings. The Labute approximate surface area is 77.3 Å². The average Bonchev–Trinajstić information content (AvgIpc) is 2.02. The van der Waals surface area contributed by atoms with E-state index >= 15 is 0 Å². The molecule has 72 valence electrons. The molecule has 0 spiro atoms. The van der Waals surface area contributed by atoms with E-state index in [1.165, 1.54) is 0 Å². The standard InChI is InChI=1S/C11H23N/c1-7-10(3,4)9-12-11(5,6)8-2/h9H,7-8H2,1-6H3/b12-9+. The Morgan fingerprint density at radius 2 is 1.50 bits per heavy atom. The summed E-state index contributed by atoms with van der Waals surface area (Å²) in [5.41, 5.74) is 0.374. The first-order valence-corrected chi connectivity index (χ1v) is 4.89. The van der Waals surface area contributed by atoms with Crippen LogP contribution in [0.3, 0.4) is 0 Å². The zero-order valence-corrected chi connectivity index (χ0v) is 9.44. The summed E-state index contributed by atoms with van der Waals surface area (Å²) in [6, 6.07) is 0. The minimum absolute atomic E-state index is 0.118. The van der Waals surface area contributed by atoms with E-state index in [9.17, 15) is 0 Å². The van der Waals surface area contributed by atoms with Crippen LogP contribution in [0.5, 0.6) is 0 Å². The van der Waals surface area contributed by atoms with Gasteiger partial charge in [-0.05, 0) is 32.1 Å². The molecule has 0 saturated heterocycles. The van der Waals surface area contributed by atoms with Gasteiger partial charge in [0.1, 0.15) is 0 Å². The Morgan fingerprint density at radius 1 is 1.00 bits per heavy atom. The van der Waals surface area contributed by atoms with E-state index in [1.807, 2.05) is 0 Å². The van der Waals surface area contributed by atoms with Crippen LogP contribution in [-0.4, -0.2) is 11.8 Å². The molecule has 1 nitrogen and oxygen atoms in total. The molecule has 0 aromatic carbocycles. The maximum absolute atomic E-state index is 4.59. The molecule has 0 unspecified atom stereocenters. The fourth-order valence-corrected chi connectivity index (χ4v) is 0.532. The van der Waals surface area contributed by atoms with Gasteiger partial charge in [-0.3, -0.25) is 4.99 Å². The van der Waals surface area contributed by atoms with Crippen molar-refractivity contribution in [3.63, 3.8) is 0 Å². The monoisotopic (exact) mass is 169 g/mol. The van der Waals surface area contributed by atoms with Gasteiger partial charge in [-0.15, -0.1) is 0 Å². The zero-order chi connectivity index (χ0) is 9.83. The third kappa shape index (κ3) is 4.53. The highest BCUT2D eigenvalue weighted by Gasteiger charge is 2.16. The van der Waals surface area contributed by atoms with Gasteiger partial charge < -0.3 is 0 Å². The minimum atomic E-state index is 0.118. The van der Waals surface area contributed by atoms with E-state index in [2.05, 4.69) is 52.7 Å². The van der Waals surface area contributed by atoms with Crippen molar-refractivity contribution in [2.24, 2.45) is 10.4 Å². The first-order valence-electron chi connectivity index (χ1n) is 4.89. The molecule has 0 saturated carbocycles. The van der Waals surface area contributed by atoms with Crippen molar-refractivity contribution in [1.82, 2.24) is 0 Å². The van der Waals surface area contributed by atoms with Crippen LogP contribution in [-0.2, 0) is 0 Å². The summed E-state index contributed by atoms with van der Waals surface area (Å²) in [5, 5.41) is 0. The predicted octanol–water partition coefficient (Wildman–Crippen LogP) is 3.68. The van der Waals surface area contributed by atoms with Gasteiger partial charge in [0.05, 0.1) is 5.54 Å². The Balaban J connectivity index is 4.23. The van der Waals surface area contributed by atoms with Crippen molar-refractivity contribution in [3.8, 4) is 0 Å².